The lowest BCUT2D eigenvalue weighted by atomic mass is 10.0. The molecular weight excluding hydrogens is 781 g/mol. The minimum Gasteiger partial charge on any atom is -0.462 e. The zero-order valence-corrected chi connectivity index (χ0v) is 42.9. The standard InChI is InChI=1S/C57H110O6/c1-4-7-10-13-16-19-22-24-26-28-29-31-33-36-38-41-44-47-50-56(59)62-53-54(63-57(60)51-48-45-42-39-34-21-18-15-12-9-6-3)52-61-55(58)49-46-43-40-37-35-32-30-27-25-23-20-17-14-11-8-5-2/h54H,4-53H2,1-3H3/t54-/m1/s1. The molecule has 1 atom stereocenters. The number of hydrogen-bond acceptors (Lipinski definition) is 6. The van der Waals surface area contributed by atoms with Crippen LogP contribution in [0.3, 0.4) is 0 Å². The van der Waals surface area contributed by atoms with Crippen molar-refractivity contribution in [2.75, 3.05) is 13.2 Å². The number of rotatable bonds is 53. The van der Waals surface area contributed by atoms with E-state index in [4.69, 9.17) is 14.2 Å². The van der Waals surface area contributed by atoms with E-state index in [0.717, 1.165) is 57.8 Å². The number of ether oxygens (including phenoxy) is 3. The van der Waals surface area contributed by atoms with Crippen LogP contribution in [-0.2, 0) is 28.6 Å². The van der Waals surface area contributed by atoms with E-state index in [2.05, 4.69) is 20.8 Å². The second-order valence-electron chi connectivity index (χ2n) is 19.6. The van der Waals surface area contributed by atoms with Gasteiger partial charge in [-0.2, -0.15) is 0 Å². The molecule has 0 aliphatic rings. The molecule has 0 spiro atoms. The minimum atomic E-state index is -0.760. The van der Waals surface area contributed by atoms with Crippen LogP contribution in [0.25, 0.3) is 0 Å². The van der Waals surface area contributed by atoms with Crippen molar-refractivity contribution in [2.45, 2.75) is 335 Å². The zero-order chi connectivity index (χ0) is 45.8. The normalized spacial score (nSPS) is 11.9. The number of hydrogen-bond donors (Lipinski definition) is 0. The van der Waals surface area contributed by atoms with Gasteiger partial charge < -0.3 is 14.2 Å². The first-order valence-corrected chi connectivity index (χ1v) is 28.5. The van der Waals surface area contributed by atoms with Gasteiger partial charge in [-0.15, -0.1) is 0 Å². The monoisotopic (exact) mass is 891 g/mol. The van der Waals surface area contributed by atoms with E-state index in [1.54, 1.807) is 0 Å². The maximum Gasteiger partial charge on any atom is 0.306 e. The molecule has 0 N–H and O–H groups in total. The highest BCUT2D eigenvalue weighted by Crippen LogP contribution is 2.18. The molecule has 374 valence electrons. The van der Waals surface area contributed by atoms with Crippen LogP contribution in [0.1, 0.15) is 329 Å². The third-order valence-corrected chi connectivity index (χ3v) is 13.1. The maximum absolute atomic E-state index is 12.8. The van der Waals surface area contributed by atoms with Gasteiger partial charge in [0.1, 0.15) is 13.2 Å². The molecule has 0 unspecified atom stereocenters. The van der Waals surface area contributed by atoms with Crippen molar-refractivity contribution >= 4 is 17.9 Å². The van der Waals surface area contributed by atoms with Crippen LogP contribution in [0.5, 0.6) is 0 Å². The largest absolute Gasteiger partial charge is 0.462 e. The Morgan fingerprint density at radius 3 is 0.635 bits per heavy atom. The third-order valence-electron chi connectivity index (χ3n) is 13.1. The van der Waals surface area contributed by atoms with E-state index in [-0.39, 0.29) is 31.1 Å². The van der Waals surface area contributed by atoms with Crippen molar-refractivity contribution in [3.63, 3.8) is 0 Å². The zero-order valence-electron chi connectivity index (χ0n) is 42.9. The Labute approximate surface area is 393 Å². The first-order chi connectivity index (χ1) is 31.0. The highest BCUT2D eigenvalue weighted by Gasteiger charge is 2.19. The molecule has 0 amide bonds. The fourth-order valence-electron chi connectivity index (χ4n) is 8.80. The number of carbonyl (C=O) groups is 3. The van der Waals surface area contributed by atoms with Gasteiger partial charge in [-0.3, -0.25) is 14.4 Å². The summed E-state index contributed by atoms with van der Waals surface area (Å²) in [6.45, 7) is 6.70. The molecule has 0 bridgehead atoms. The number of carbonyl (C=O) groups excluding carboxylic acids is 3. The molecule has 0 aliphatic heterocycles. The molecule has 0 saturated carbocycles. The van der Waals surface area contributed by atoms with Crippen molar-refractivity contribution in [3.05, 3.63) is 0 Å². The van der Waals surface area contributed by atoms with Crippen LogP contribution in [0.4, 0.5) is 0 Å². The molecule has 6 heteroatoms. The molecule has 0 rings (SSSR count). The predicted molar refractivity (Wildman–Crippen MR) is 270 cm³/mol. The summed E-state index contributed by atoms with van der Waals surface area (Å²) in [5, 5.41) is 0. The lowest BCUT2D eigenvalue weighted by Crippen LogP contribution is -2.30. The van der Waals surface area contributed by atoms with Gasteiger partial charge in [-0.25, -0.2) is 0 Å². The summed E-state index contributed by atoms with van der Waals surface area (Å²) in [5.41, 5.74) is 0. The third kappa shape index (κ3) is 51.3. The Morgan fingerprint density at radius 2 is 0.429 bits per heavy atom. The summed E-state index contributed by atoms with van der Waals surface area (Å²) in [7, 11) is 0. The molecule has 0 aromatic rings. The smallest absolute Gasteiger partial charge is 0.306 e. The van der Waals surface area contributed by atoms with Crippen LogP contribution in [-0.4, -0.2) is 37.2 Å². The van der Waals surface area contributed by atoms with Gasteiger partial charge >= 0.3 is 17.9 Å². The van der Waals surface area contributed by atoms with Crippen LogP contribution in [0.15, 0.2) is 0 Å². The summed E-state index contributed by atoms with van der Waals surface area (Å²) >= 11 is 0. The SMILES string of the molecule is CCCCCCCCCCCCCCCCCCCCC(=O)OC[C@@H](COC(=O)CCCCCCCCCCCCCCCCCC)OC(=O)CCCCCCCCCCCCC. The van der Waals surface area contributed by atoms with Crippen molar-refractivity contribution in [2.24, 2.45) is 0 Å². The van der Waals surface area contributed by atoms with E-state index < -0.39 is 6.10 Å². The molecule has 0 fully saturated rings. The second kappa shape index (κ2) is 53.0. The first kappa shape index (κ1) is 61.4. The molecule has 0 saturated heterocycles. The molecule has 63 heavy (non-hydrogen) atoms. The van der Waals surface area contributed by atoms with E-state index in [9.17, 15) is 14.4 Å². The topological polar surface area (TPSA) is 78.9 Å². The van der Waals surface area contributed by atoms with Crippen LogP contribution < -0.4 is 0 Å². The first-order valence-electron chi connectivity index (χ1n) is 28.5. The number of unbranched alkanes of at least 4 members (excludes halogenated alkanes) is 42. The molecule has 0 aliphatic carbocycles. The summed E-state index contributed by atoms with van der Waals surface area (Å²) in [5.74, 6) is -0.835. The van der Waals surface area contributed by atoms with E-state index >= 15 is 0 Å². The Balaban J connectivity index is 4.23. The van der Waals surface area contributed by atoms with E-state index in [1.807, 2.05) is 0 Å². The van der Waals surface area contributed by atoms with Gasteiger partial charge in [0, 0.05) is 19.3 Å². The quantitative estimate of drug-likeness (QED) is 0.0344. The lowest BCUT2D eigenvalue weighted by molar-refractivity contribution is -0.167. The summed E-state index contributed by atoms with van der Waals surface area (Å²) < 4.78 is 16.9. The second-order valence-corrected chi connectivity index (χ2v) is 19.6. The Kier molecular flexibility index (Phi) is 51.7. The molecule has 0 aromatic heterocycles. The van der Waals surface area contributed by atoms with Crippen LogP contribution in [0.2, 0.25) is 0 Å². The predicted octanol–water partition coefficient (Wildman–Crippen LogP) is 18.8. The van der Waals surface area contributed by atoms with Gasteiger partial charge in [0.15, 0.2) is 6.10 Å². The van der Waals surface area contributed by atoms with E-state index in [1.165, 1.54) is 231 Å². The number of esters is 3. The molecule has 0 heterocycles. The van der Waals surface area contributed by atoms with Gasteiger partial charge in [-0.1, -0.05) is 290 Å². The summed E-state index contributed by atoms with van der Waals surface area (Å²) in [4.78, 5) is 38.0. The van der Waals surface area contributed by atoms with Crippen molar-refractivity contribution in [1.29, 1.82) is 0 Å². The van der Waals surface area contributed by atoms with Crippen molar-refractivity contribution < 1.29 is 28.6 Å². The van der Waals surface area contributed by atoms with Gasteiger partial charge in [-0.05, 0) is 19.3 Å². The highest BCUT2D eigenvalue weighted by molar-refractivity contribution is 5.71. The highest BCUT2D eigenvalue weighted by atomic mass is 16.6. The molecule has 6 nitrogen and oxygen atoms in total. The van der Waals surface area contributed by atoms with Crippen molar-refractivity contribution in [3.8, 4) is 0 Å². The average molecular weight is 892 g/mol. The maximum atomic E-state index is 12.8. The summed E-state index contributed by atoms with van der Waals surface area (Å²) in [6, 6.07) is 0. The van der Waals surface area contributed by atoms with Crippen LogP contribution >= 0.6 is 0 Å². The molecule has 0 aromatic carbocycles. The van der Waals surface area contributed by atoms with E-state index in [0.29, 0.717) is 19.3 Å². The fourth-order valence-corrected chi connectivity index (χ4v) is 8.80. The molecule has 0 radical (unpaired) electrons. The Morgan fingerprint density at radius 1 is 0.254 bits per heavy atom. The van der Waals surface area contributed by atoms with Gasteiger partial charge in [0.2, 0.25) is 0 Å². The van der Waals surface area contributed by atoms with Crippen molar-refractivity contribution in [1.82, 2.24) is 0 Å². The fraction of sp³-hybridized carbons (Fsp3) is 0.947. The van der Waals surface area contributed by atoms with Gasteiger partial charge in [0.25, 0.3) is 0 Å². The lowest BCUT2D eigenvalue weighted by Gasteiger charge is -2.18. The Bertz CT molecular complexity index is 936. The van der Waals surface area contributed by atoms with Gasteiger partial charge in [0.05, 0.1) is 0 Å². The minimum absolute atomic E-state index is 0.0613. The molecular formula is C57H110O6. The van der Waals surface area contributed by atoms with Crippen LogP contribution in [0, 0.1) is 0 Å². The average Bonchev–Trinajstić information content (AvgIpc) is 3.28. The Hall–Kier alpha value is -1.59. The summed E-state index contributed by atoms with van der Waals surface area (Å²) in [6.07, 6.45) is 58.1.